The number of carbonyl (C=O) groups excluding carboxylic acids is 1. The summed E-state index contributed by atoms with van der Waals surface area (Å²) in [5.41, 5.74) is 0. The van der Waals surface area contributed by atoms with E-state index < -0.39 is 0 Å². The van der Waals surface area contributed by atoms with Crippen LogP contribution in [0.25, 0.3) is 0 Å². The number of terminal acetylenes is 1. The number of ether oxygens (including phenoxy) is 1. The van der Waals surface area contributed by atoms with Gasteiger partial charge in [0, 0.05) is 144 Å². The molecule has 0 atom stereocenters. The van der Waals surface area contributed by atoms with Gasteiger partial charge in [-0.3, -0.25) is 4.79 Å². The second kappa shape index (κ2) is 33.7. The second-order valence-electron chi connectivity index (χ2n) is 6.04. The van der Waals surface area contributed by atoms with E-state index in [1.54, 1.807) is 0 Å². The van der Waals surface area contributed by atoms with Crippen molar-refractivity contribution in [2.45, 2.75) is 13.3 Å². The van der Waals surface area contributed by atoms with E-state index in [0.29, 0.717) is 6.42 Å². The maximum absolute atomic E-state index is 10.6. The van der Waals surface area contributed by atoms with Crippen LogP contribution in [-0.2, 0) is 9.53 Å². The van der Waals surface area contributed by atoms with Gasteiger partial charge in [0.25, 0.3) is 0 Å². The number of esters is 1. The zero-order chi connectivity index (χ0) is 33.3. The van der Waals surface area contributed by atoms with Crippen molar-refractivity contribution >= 4 is 5.97 Å². The highest BCUT2D eigenvalue weighted by molar-refractivity contribution is 5.65. The molecule has 0 saturated carbocycles. The third-order valence-corrected chi connectivity index (χ3v) is 2.94. The Morgan fingerprint density at radius 1 is 0.370 bits per heavy atom. The fourth-order valence-electron chi connectivity index (χ4n) is 1.48. The summed E-state index contributed by atoms with van der Waals surface area (Å²) in [5.74, 6) is 96.5. The van der Waals surface area contributed by atoms with Crippen LogP contribution in [0.5, 0.6) is 0 Å². The highest BCUT2D eigenvalue weighted by Crippen LogP contribution is 1.80. The van der Waals surface area contributed by atoms with Crippen molar-refractivity contribution in [3.05, 3.63) is 0 Å². The van der Waals surface area contributed by atoms with Crippen molar-refractivity contribution in [3.8, 4) is 237 Å². The molecule has 2 heteroatoms. The molecule has 0 heterocycles. The van der Waals surface area contributed by atoms with Crippen LogP contribution in [-0.4, -0.2) is 12.6 Å². The quantitative estimate of drug-likeness (QED) is 0.278. The molecule has 0 aromatic carbocycles. The van der Waals surface area contributed by atoms with Gasteiger partial charge in [-0.2, -0.15) is 0 Å². The smallest absolute Gasteiger partial charge is 0.302 e. The largest absolute Gasteiger partial charge is 0.465 e. The van der Waals surface area contributed by atoms with Crippen molar-refractivity contribution in [2.24, 2.45) is 0 Å². The molecule has 196 valence electrons. The Bertz CT molecular complexity index is 2530. The third-order valence-electron chi connectivity index (χ3n) is 2.94. The SMILES string of the molecule is C#CC#CC#CC#CC#CC#CC#CC#CC#CC#CC#CC#CC#CC#CC#CC#CC#CC#CC#CC#CCCOC(C)=O. The number of hydrogen-bond acceptors (Lipinski definition) is 2. The summed E-state index contributed by atoms with van der Waals surface area (Å²) >= 11 is 0. The summed E-state index contributed by atoms with van der Waals surface area (Å²) in [6, 6.07) is 0. The standard InChI is InChI=1S/C44H8O2/c1-3-4-5-6-7-8-9-10-11-12-13-14-15-16-17-18-19-20-21-22-23-24-25-26-27-28-29-30-31-32-33-34-35-36-37-38-39-40-41-42-43-46-44(2)45/h1H,42-43H2,2H3. The number of hydrogen-bond donors (Lipinski definition) is 0. The predicted molar refractivity (Wildman–Crippen MR) is 178 cm³/mol. The van der Waals surface area contributed by atoms with Gasteiger partial charge in [-0.15, -0.1) is 6.42 Å². The molecule has 2 nitrogen and oxygen atoms in total. The van der Waals surface area contributed by atoms with Gasteiger partial charge in [-0.05, 0) is 94.7 Å². The van der Waals surface area contributed by atoms with Gasteiger partial charge < -0.3 is 4.74 Å². The average Bonchev–Trinajstić information content (AvgIpc) is 3.05. The molecule has 0 aromatic rings. The van der Waals surface area contributed by atoms with Crippen LogP contribution in [0.2, 0.25) is 0 Å². The molecule has 0 N–H and O–H groups in total. The Morgan fingerprint density at radius 2 is 0.565 bits per heavy atom. The normalized spacial score (nSPS) is 4.61. The van der Waals surface area contributed by atoms with Gasteiger partial charge in [0.2, 0.25) is 0 Å². The fraction of sp³-hybridized carbons (Fsp3) is 0.0682. The Morgan fingerprint density at radius 3 is 0.761 bits per heavy atom. The zero-order valence-electron chi connectivity index (χ0n) is 23.8. The topological polar surface area (TPSA) is 26.3 Å². The molecule has 0 fully saturated rings. The third kappa shape index (κ3) is 34.7. The Kier molecular flexibility index (Phi) is 26.9. The summed E-state index contributed by atoms with van der Waals surface area (Å²) in [6.45, 7) is 1.57. The van der Waals surface area contributed by atoms with Crippen LogP contribution in [0.3, 0.4) is 0 Å². The van der Waals surface area contributed by atoms with Crippen molar-refractivity contribution in [1.29, 1.82) is 0 Å². The highest BCUT2D eigenvalue weighted by atomic mass is 16.5. The lowest BCUT2D eigenvalue weighted by molar-refractivity contribution is -0.140. The molecule has 0 aromatic heterocycles. The molecule has 46 heavy (non-hydrogen) atoms. The summed E-state index contributed by atoms with van der Waals surface area (Å²) in [7, 11) is 0. The minimum atomic E-state index is -0.346. The maximum Gasteiger partial charge on any atom is 0.302 e. The molecule has 0 spiro atoms. The molecular formula is C44H8O2. The van der Waals surface area contributed by atoms with Gasteiger partial charge in [0.1, 0.15) is 6.61 Å². The molecule has 0 aliphatic rings. The van der Waals surface area contributed by atoms with Crippen molar-refractivity contribution in [1.82, 2.24) is 0 Å². The lowest BCUT2D eigenvalue weighted by Gasteiger charge is -1.93. The van der Waals surface area contributed by atoms with Gasteiger partial charge in [-0.25, -0.2) is 0 Å². The molecule has 0 unspecified atom stereocenters. The summed E-state index contributed by atoms with van der Waals surface area (Å²) in [6.07, 6.45) is 5.34. The molecule has 0 saturated heterocycles. The lowest BCUT2D eigenvalue weighted by Crippen LogP contribution is -1.98. The fourth-order valence-corrected chi connectivity index (χ4v) is 1.48. The Balaban J connectivity index is 4.49. The summed E-state index contributed by atoms with van der Waals surface area (Å²) in [5, 5.41) is 0. The molecule has 0 amide bonds. The van der Waals surface area contributed by atoms with Crippen LogP contribution >= 0.6 is 0 Å². The first kappa shape index (κ1) is 36.7. The van der Waals surface area contributed by atoms with Crippen LogP contribution in [0.1, 0.15) is 13.3 Å². The van der Waals surface area contributed by atoms with E-state index in [0.717, 1.165) is 0 Å². The van der Waals surface area contributed by atoms with Crippen LogP contribution in [0.15, 0.2) is 0 Å². The van der Waals surface area contributed by atoms with E-state index in [9.17, 15) is 4.79 Å². The molecular weight excluding hydrogens is 560 g/mol. The first-order chi connectivity index (χ1) is 22.8. The first-order valence-electron chi connectivity index (χ1n) is 11.8. The summed E-state index contributed by atoms with van der Waals surface area (Å²) < 4.78 is 4.72. The predicted octanol–water partition coefficient (Wildman–Crippen LogP) is 0.637. The zero-order valence-corrected chi connectivity index (χ0v) is 23.8. The second-order valence-corrected chi connectivity index (χ2v) is 6.04. The van der Waals surface area contributed by atoms with E-state index in [2.05, 4.69) is 231 Å². The van der Waals surface area contributed by atoms with E-state index in [4.69, 9.17) is 11.2 Å². The van der Waals surface area contributed by atoms with E-state index >= 15 is 0 Å². The lowest BCUT2D eigenvalue weighted by atomic mass is 10.4. The van der Waals surface area contributed by atoms with Gasteiger partial charge in [-0.1, -0.05) is 5.92 Å². The Hall–Kier alpha value is -9.33. The Labute approximate surface area is 272 Å². The van der Waals surface area contributed by atoms with Gasteiger partial charge >= 0.3 is 5.97 Å². The van der Waals surface area contributed by atoms with Gasteiger partial charge in [0.15, 0.2) is 0 Å². The molecule has 0 bridgehead atoms. The van der Waals surface area contributed by atoms with Crippen molar-refractivity contribution in [2.75, 3.05) is 6.61 Å². The summed E-state index contributed by atoms with van der Waals surface area (Å²) in [4.78, 5) is 10.6. The minimum Gasteiger partial charge on any atom is -0.465 e. The number of carbonyl (C=O) groups is 1. The van der Waals surface area contributed by atoms with Crippen molar-refractivity contribution < 1.29 is 9.53 Å². The highest BCUT2D eigenvalue weighted by Gasteiger charge is 1.87. The minimum absolute atomic E-state index is 0.234. The van der Waals surface area contributed by atoms with Crippen LogP contribution < -0.4 is 0 Å². The number of rotatable bonds is 2. The maximum atomic E-state index is 10.6. The monoisotopic (exact) mass is 568 g/mol. The molecule has 0 radical (unpaired) electrons. The molecule has 0 aliphatic carbocycles. The van der Waals surface area contributed by atoms with Crippen LogP contribution in [0.4, 0.5) is 0 Å². The van der Waals surface area contributed by atoms with Gasteiger partial charge in [0.05, 0.1) is 0 Å². The molecule has 0 aliphatic heterocycles. The van der Waals surface area contributed by atoms with E-state index in [-0.39, 0.29) is 12.6 Å². The van der Waals surface area contributed by atoms with Crippen molar-refractivity contribution in [3.63, 3.8) is 0 Å². The first-order valence-corrected chi connectivity index (χ1v) is 11.8. The average molecular weight is 569 g/mol. The van der Waals surface area contributed by atoms with Crippen LogP contribution in [0, 0.1) is 237 Å². The molecule has 0 rings (SSSR count). The van der Waals surface area contributed by atoms with E-state index in [1.807, 2.05) is 0 Å². The van der Waals surface area contributed by atoms with E-state index in [1.165, 1.54) is 6.92 Å².